The highest BCUT2D eigenvalue weighted by atomic mass is 16.2. The van der Waals surface area contributed by atoms with Gasteiger partial charge in [-0.1, -0.05) is 12.2 Å². The first-order valence-electron chi connectivity index (χ1n) is 7.64. The molecule has 0 radical (unpaired) electrons. The van der Waals surface area contributed by atoms with Crippen LogP contribution in [0, 0.1) is 11.8 Å². The third-order valence-electron chi connectivity index (χ3n) is 4.17. The van der Waals surface area contributed by atoms with Crippen LogP contribution in [-0.4, -0.2) is 42.9 Å². The number of hydrogen-bond acceptors (Lipinski definition) is 3. The van der Waals surface area contributed by atoms with Crippen molar-refractivity contribution >= 4 is 11.8 Å². The highest BCUT2D eigenvalue weighted by molar-refractivity contribution is 5.82. The van der Waals surface area contributed by atoms with E-state index in [-0.39, 0.29) is 23.7 Å². The Morgan fingerprint density at radius 3 is 2.80 bits per heavy atom. The Morgan fingerprint density at radius 2 is 2.10 bits per heavy atom. The van der Waals surface area contributed by atoms with Crippen molar-refractivity contribution in [2.24, 2.45) is 17.6 Å². The van der Waals surface area contributed by atoms with Gasteiger partial charge < -0.3 is 16.0 Å². The van der Waals surface area contributed by atoms with E-state index in [4.69, 9.17) is 5.73 Å². The molecule has 2 rings (SSSR count). The second kappa shape index (κ2) is 7.43. The van der Waals surface area contributed by atoms with E-state index in [0.717, 1.165) is 38.6 Å². The molecule has 5 heteroatoms. The minimum absolute atomic E-state index is 0.0384. The van der Waals surface area contributed by atoms with Gasteiger partial charge in [-0.15, -0.1) is 0 Å². The molecule has 1 heterocycles. The van der Waals surface area contributed by atoms with Gasteiger partial charge in [0.1, 0.15) is 0 Å². The normalized spacial score (nSPS) is 26.4. The van der Waals surface area contributed by atoms with Gasteiger partial charge in [-0.05, 0) is 32.1 Å². The van der Waals surface area contributed by atoms with Crippen LogP contribution in [0.15, 0.2) is 12.2 Å². The van der Waals surface area contributed by atoms with Gasteiger partial charge in [-0.3, -0.25) is 9.59 Å². The van der Waals surface area contributed by atoms with Gasteiger partial charge in [-0.25, -0.2) is 0 Å². The van der Waals surface area contributed by atoms with Crippen LogP contribution < -0.4 is 11.1 Å². The molecule has 2 atom stereocenters. The van der Waals surface area contributed by atoms with Crippen LogP contribution in [0.5, 0.6) is 0 Å². The molecule has 0 aromatic heterocycles. The number of rotatable bonds is 4. The van der Waals surface area contributed by atoms with Crippen LogP contribution in [-0.2, 0) is 9.59 Å². The summed E-state index contributed by atoms with van der Waals surface area (Å²) in [5.74, 6) is 0.311. The maximum atomic E-state index is 12.5. The summed E-state index contributed by atoms with van der Waals surface area (Å²) in [7, 11) is 0. The van der Waals surface area contributed by atoms with Crippen molar-refractivity contribution in [2.75, 3.05) is 26.2 Å². The Bertz CT molecular complexity index is 381. The molecule has 0 saturated carbocycles. The zero-order valence-electron chi connectivity index (χ0n) is 12.0. The second-order valence-corrected chi connectivity index (χ2v) is 5.68. The van der Waals surface area contributed by atoms with Gasteiger partial charge in [0.2, 0.25) is 11.8 Å². The first-order chi connectivity index (χ1) is 9.72. The minimum atomic E-state index is -0.0709. The van der Waals surface area contributed by atoms with Crippen molar-refractivity contribution in [2.45, 2.75) is 32.1 Å². The number of piperidine rings is 1. The quantitative estimate of drug-likeness (QED) is 0.742. The van der Waals surface area contributed by atoms with E-state index in [1.54, 1.807) is 0 Å². The van der Waals surface area contributed by atoms with Crippen LogP contribution in [0.3, 0.4) is 0 Å². The Kier molecular flexibility index (Phi) is 5.59. The van der Waals surface area contributed by atoms with Gasteiger partial charge in [-0.2, -0.15) is 0 Å². The molecule has 2 unspecified atom stereocenters. The first-order valence-corrected chi connectivity index (χ1v) is 7.64. The van der Waals surface area contributed by atoms with Crippen LogP contribution in [0.2, 0.25) is 0 Å². The SMILES string of the molecule is NCCNC(=O)C1CCCN(C(=O)C2CC=CCC2)C1. The zero-order chi connectivity index (χ0) is 14.4. The Labute approximate surface area is 120 Å². The highest BCUT2D eigenvalue weighted by Crippen LogP contribution is 2.24. The van der Waals surface area contributed by atoms with Gasteiger partial charge in [0.25, 0.3) is 0 Å². The lowest BCUT2D eigenvalue weighted by atomic mass is 9.90. The maximum absolute atomic E-state index is 12.5. The molecule has 0 aromatic rings. The lowest BCUT2D eigenvalue weighted by molar-refractivity contribution is -0.139. The first kappa shape index (κ1) is 15.0. The molecule has 2 aliphatic rings. The van der Waals surface area contributed by atoms with Crippen molar-refractivity contribution in [3.8, 4) is 0 Å². The molecular formula is C15H25N3O2. The third-order valence-corrected chi connectivity index (χ3v) is 4.17. The number of nitrogens with two attached hydrogens (primary N) is 1. The van der Waals surface area contributed by atoms with E-state index in [9.17, 15) is 9.59 Å². The molecule has 2 amide bonds. The molecule has 3 N–H and O–H groups in total. The van der Waals surface area contributed by atoms with Gasteiger partial charge in [0.05, 0.1) is 5.92 Å². The van der Waals surface area contributed by atoms with Crippen molar-refractivity contribution in [3.05, 3.63) is 12.2 Å². The van der Waals surface area contributed by atoms with Crippen LogP contribution in [0.4, 0.5) is 0 Å². The van der Waals surface area contributed by atoms with Crippen molar-refractivity contribution in [1.29, 1.82) is 0 Å². The lowest BCUT2D eigenvalue weighted by Gasteiger charge is -2.34. The van der Waals surface area contributed by atoms with Gasteiger partial charge in [0, 0.05) is 32.1 Å². The molecule has 0 spiro atoms. The molecule has 112 valence electrons. The van der Waals surface area contributed by atoms with Crippen molar-refractivity contribution < 1.29 is 9.59 Å². The molecule has 20 heavy (non-hydrogen) atoms. The van der Waals surface area contributed by atoms with Crippen molar-refractivity contribution in [3.63, 3.8) is 0 Å². The van der Waals surface area contributed by atoms with Crippen LogP contribution in [0.25, 0.3) is 0 Å². The predicted molar refractivity (Wildman–Crippen MR) is 77.8 cm³/mol. The fourth-order valence-corrected chi connectivity index (χ4v) is 3.01. The van der Waals surface area contributed by atoms with Gasteiger partial charge in [0.15, 0.2) is 0 Å². The summed E-state index contributed by atoms with van der Waals surface area (Å²) >= 11 is 0. The number of carbonyl (C=O) groups is 2. The van der Waals surface area contributed by atoms with E-state index >= 15 is 0 Å². The predicted octanol–water partition coefficient (Wildman–Crippen LogP) is 0.656. The van der Waals surface area contributed by atoms with Crippen LogP contribution in [0.1, 0.15) is 32.1 Å². The number of allylic oxidation sites excluding steroid dienone is 2. The molecule has 1 aliphatic heterocycles. The molecular weight excluding hydrogens is 254 g/mol. The second-order valence-electron chi connectivity index (χ2n) is 5.68. The number of likely N-dealkylation sites (tertiary alicyclic amines) is 1. The molecule has 1 fully saturated rings. The fraction of sp³-hybridized carbons (Fsp3) is 0.733. The summed E-state index contributed by atoms with van der Waals surface area (Å²) in [6, 6.07) is 0. The number of nitrogens with one attached hydrogen (secondary N) is 1. The smallest absolute Gasteiger partial charge is 0.226 e. The monoisotopic (exact) mass is 279 g/mol. The topological polar surface area (TPSA) is 75.4 Å². The summed E-state index contributed by atoms with van der Waals surface area (Å²) in [6.45, 7) is 2.32. The van der Waals surface area contributed by atoms with Crippen molar-refractivity contribution in [1.82, 2.24) is 10.2 Å². The Hall–Kier alpha value is -1.36. The average molecular weight is 279 g/mol. The third kappa shape index (κ3) is 3.82. The van der Waals surface area contributed by atoms with E-state index in [1.165, 1.54) is 0 Å². The number of hydrogen-bond donors (Lipinski definition) is 2. The average Bonchev–Trinajstić information content (AvgIpc) is 2.52. The van der Waals surface area contributed by atoms with E-state index in [1.807, 2.05) is 4.90 Å². The summed E-state index contributed by atoms with van der Waals surface area (Å²) in [4.78, 5) is 26.4. The number of carbonyl (C=O) groups excluding carboxylic acids is 2. The molecule has 5 nitrogen and oxygen atoms in total. The fourth-order valence-electron chi connectivity index (χ4n) is 3.01. The summed E-state index contributed by atoms with van der Waals surface area (Å²) in [5, 5.41) is 2.83. The minimum Gasteiger partial charge on any atom is -0.355 e. The Balaban J connectivity index is 1.87. The molecule has 0 aromatic carbocycles. The highest BCUT2D eigenvalue weighted by Gasteiger charge is 2.31. The lowest BCUT2D eigenvalue weighted by Crippen LogP contribution is -2.47. The molecule has 1 aliphatic carbocycles. The summed E-state index contributed by atoms with van der Waals surface area (Å²) < 4.78 is 0. The number of amides is 2. The van der Waals surface area contributed by atoms with Crippen LogP contribution >= 0.6 is 0 Å². The van der Waals surface area contributed by atoms with E-state index in [2.05, 4.69) is 17.5 Å². The largest absolute Gasteiger partial charge is 0.355 e. The van der Waals surface area contributed by atoms with E-state index < -0.39 is 0 Å². The zero-order valence-corrected chi connectivity index (χ0v) is 12.0. The summed E-state index contributed by atoms with van der Waals surface area (Å²) in [6.07, 6.45) is 8.80. The summed E-state index contributed by atoms with van der Waals surface area (Å²) in [5.41, 5.74) is 5.39. The Morgan fingerprint density at radius 1 is 1.25 bits per heavy atom. The van der Waals surface area contributed by atoms with E-state index in [0.29, 0.717) is 19.6 Å². The number of nitrogens with zero attached hydrogens (tertiary/aromatic N) is 1. The standard InChI is InChI=1S/C15H25N3O2/c16-8-9-17-14(19)13-7-4-10-18(11-13)15(20)12-5-2-1-3-6-12/h1-2,12-13H,3-11,16H2,(H,17,19). The molecule has 0 bridgehead atoms. The molecule has 1 saturated heterocycles. The van der Waals surface area contributed by atoms with Gasteiger partial charge >= 0.3 is 0 Å². The maximum Gasteiger partial charge on any atom is 0.226 e.